The standard InChI is InChI=1S/C21H20N2O5/c1-27-11-10-22-20(25)12-14-6-8-15(9-7-14)23-21(26)19-13-17(24)16-4-2-3-5-18(16)28-19/h2-9,13H,10-12H2,1H3,(H,22,25)(H,23,26). The van der Waals surface area contributed by atoms with Crippen LogP contribution in [0.3, 0.4) is 0 Å². The second-order valence-corrected chi connectivity index (χ2v) is 6.14. The molecule has 1 aromatic heterocycles. The fourth-order valence-corrected chi connectivity index (χ4v) is 2.65. The summed E-state index contributed by atoms with van der Waals surface area (Å²) in [5.41, 5.74) is 1.42. The fraction of sp³-hybridized carbons (Fsp3) is 0.190. The van der Waals surface area contributed by atoms with Gasteiger partial charge in [-0.3, -0.25) is 14.4 Å². The molecule has 0 radical (unpaired) electrons. The van der Waals surface area contributed by atoms with Gasteiger partial charge in [0.15, 0.2) is 11.2 Å². The van der Waals surface area contributed by atoms with Gasteiger partial charge in [-0.1, -0.05) is 24.3 Å². The van der Waals surface area contributed by atoms with Crippen LogP contribution in [0.15, 0.2) is 63.8 Å². The third-order valence-corrected chi connectivity index (χ3v) is 4.06. The molecule has 0 aliphatic heterocycles. The van der Waals surface area contributed by atoms with E-state index >= 15 is 0 Å². The van der Waals surface area contributed by atoms with E-state index in [0.29, 0.717) is 29.8 Å². The summed E-state index contributed by atoms with van der Waals surface area (Å²) >= 11 is 0. The van der Waals surface area contributed by atoms with Crippen molar-refractivity contribution in [1.29, 1.82) is 0 Å². The molecule has 2 aromatic carbocycles. The van der Waals surface area contributed by atoms with Gasteiger partial charge in [0, 0.05) is 25.4 Å². The summed E-state index contributed by atoms with van der Waals surface area (Å²) in [7, 11) is 1.57. The van der Waals surface area contributed by atoms with Crippen LogP contribution in [0.1, 0.15) is 16.1 Å². The third kappa shape index (κ3) is 4.83. The number of methoxy groups -OCH3 is 1. The SMILES string of the molecule is COCCNC(=O)Cc1ccc(NC(=O)c2cc(=O)c3ccccc3o2)cc1. The van der Waals surface area contributed by atoms with E-state index < -0.39 is 5.91 Å². The zero-order valence-electron chi connectivity index (χ0n) is 15.4. The number of anilines is 1. The highest BCUT2D eigenvalue weighted by Crippen LogP contribution is 2.15. The quantitative estimate of drug-likeness (QED) is 0.613. The van der Waals surface area contributed by atoms with E-state index in [1.165, 1.54) is 6.07 Å². The van der Waals surface area contributed by atoms with Crippen LogP contribution >= 0.6 is 0 Å². The molecule has 3 rings (SSSR count). The van der Waals surface area contributed by atoms with Crippen LogP contribution in [0.5, 0.6) is 0 Å². The molecular formula is C21H20N2O5. The Morgan fingerprint density at radius 1 is 1.07 bits per heavy atom. The number of ether oxygens (including phenoxy) is 1. The first-order valence-corrected chi connectivity index (χ1v) is 8.75. The lowest BCUT2D eigenvalue weighted by Crippen LogP contribution is -2.28. The van der Waals surface area contributed by atoms with Crippen LogP contribution < -0.4 is 16.1 Å². The minimum Gasteiger partial charge on any atom is -0.451 e. The number of rotatable bonds is 7. The molecule has 0 saturated carbocycles. The maximum absolute atomic E-state index is 12.4. The summed E-state index contributed by atoms with van der Waals surface area (Å²) in [5, 5.41) is 5.85. The van der Waals surface area contributed by atoms with Gasteiger partial charge >= 0.3 is 0 Å². The van der Waals surface area contributed by atoms with Crippen molar-refractivity contribution in [2.24, 2.45) is 0 Å². The maximum Gasteiger partial charge on any atom is 0.291 e. The van der Waals surface area contributed by atoms with Crippen LogP contribution in [0, 0.1) is 0 Å². The minimum atomic E-state index is -0.520. The Balaban J connectivity index is 1.65. The first-order chi connectivity index (χ1) is 13.6. The molecule has 1 heterocycles. The highest BCUT2D eigenvalue weighted by atomic mass is 16.5. The van der Waals surface area contributed by atoms with Crippen LogP contribution in [0.2, 0.25) is 0 Å². The normalized spacial score (nSPS) is 10.6. The van der Waals surface area contributed by atoms with E-state index in [-0.39, 0.29) is 23.5 Å². The molecule has 0 saturated heterocycles. The number of hydrogen-bond donors (Lipinski definition) is 2. The molecule has 0 fully saturated rings. The number of benzene rings is 2. The van der Waals surface area contributed by atoms with Gasteiger partial charge < -0.3 is 19.8 Å². The van der Waals surface area contributed by atoms with Crippen molar-refractivity contribution in [3.8, 4) is 0 Å². The number of hydrogen-bond acceptors (Lipinski definition) is 5. The zero-order chi connectivity index (χ0) is 19.9. The number of amides is 2. The van der Waals surface area contributed by atoms with Gasteiger partial charge in [-0.15, -0.1) is 0 Å². The molecule has 0 spiro atoms. The first kappa shape index (κ1) is 19.3. The van der Waals surface area contributed by atoms with Crippen LogP contribution in [0.25, 0.3) is 11.0 Å². The summed E-state index contributed by atoms with van der Waals surface area (Å²) in [6.07, 6.45) is 0.234. The predicted octanol–water partition coefficient (Wildman–Crippen LogP) is 2.35. The summed E-state index contributed by atoms with van der Waals surface area (Å²) in [6, 6.07) is 14.8. The summed E-state index contributed by atoms with van der Waals surface area (Å²) in [4.78, 5) is 36.3. The van der Waals surface area contributed by atoms with Crippen molar-refractivity contribution >= 4 is 28.5 Å². The lowest BCUT2D eigenvalue weighted by atomic mass is 10.1. The lowest BCUT2D eigenvalue weighted by Gasteiger charge is -2.07. The highest BCUT2D eigenvalue weighted by molar-refractivity contribution is 6.03. The molecule has 28 heavy (non-hydrogen) atoms. The average Bonchev–Trinajstić information content (AvgIpc) is 2.69. The van der Waals surface area contributed by atoms with Crippen molar-refractivity contribution < 1.29 is 18.7 Å². The molecule has 2 amide bonds. The van der Waals surface area contributed by atoms with Gasteiger partial charge in [0.05, 0.1) is 18.4 Å². The van der Waals surface area contributed by atoms with Crippen LogP contribution in [0.4, 0.5) is 5.69 Å². The van der Waals surface area contributed by atoms with Crippen molar-refractivity contribution in [1.82, 2.24) is 5.32 Å². The third-order valence-electron chi connectivity index (χ3n) is 4.06. The van der Waals surface area contributed by atoms with E-state index in [1.54, 1.807) is 55.6 Å². The van der Waals surface area contributed by atoms with Crippen LogP contribution in [-0.4, -0.2) is 32.1 Å². The highest BCUT2D eigenvalue weighted by Gasteiger charge is 2.12. The monoisotopic (exact) mass is 380 g/mol. The summed E-state index contributed by atoms with van der Waals surface area (Å²) < 4.78 is 10.4. The van der Waals surface area contributed by atoms with Crippen molar-refractivity contribution in [3.05, 3.63) is 76.1 Å². The molecule has 0 unspecified atom stereocenters. The topological polar surface area (TPSA) is 97.6 Å². The molecule has 7 nitrogen and oxygen atoms in total. The second-order valence-electron chi connectivity index (χ2n) is 6.14. The molecule has 2 N–H and O–H groups in total. The van der Waals surface area contributed by atoms with Gasteiger partial charge in [-0.25, -0.2) is 0 Å². The molecule has 144 valence electrons. The van der Waals surface area contributed by atoms with Gasteiger partial charge in [-0.2, -0.15) is 0 Å². The Morgan fingerprint density at radius 3 is 2.57 bits per heavy atom. The number of para-hydroxylation sites is 1. The van der Waals surface area contributed by atoms with Gasteiger partial charge in [0.25, 0.3) is 5.91 Å². The van der Waals surface area contributed by atoms with Crippen molar-refractivity contribution in [3.63, 3.8) is 0 Å². The number of nitrogens with one attached hydrogen (secondary N) is 2. The smallest absolute Gasteiger partial charge is 0.291 e. The lowest BCUT2D eigenvalue weighted by molar-refractivity contribution is -0.120. The Labute approximate surface area is 161 Å². The van der Waals surface area contributed by atoms with Crippen molar-refractivity contribution in [2.45, 2.75) is 6.42 Å². The first-order valence-electron chi connectivity index (χ1n) is 8.75. The van der Waals surface area contributed by atoms with Gasteiger partial charge in [0.2, 0.25) is 5.91 Å². The Bertz CT molecular complexity index is 1040. The van der Waals surface area contributed by atoms with E-state index in [0.717, 1.165) is 5.56 Å². The molecule has 3 aromatic rings. The molecule has 0 aliphatic rings. The molecular weight excluding hydrogens is 360 g/mol. The van der Waals surface area contributed by atoms with E-state index in [1.807, 2.05) is 0 Å². The Kier molecular flexibility index (Phi) is 6.18. The van der Waals surface area contributed by atoms with Crippen molar-refractivity contribution in [2.75, 3.05) is 25.6 Å². The zero-order valence-corrected chi connectivity index (χ0v) is 15.4. The van der Waals surface area contributed by atoms with E-state index in [9.17, 15) is 14.4 Å². The molecule has 0 atom stereocenters. The molecule has 7 heteroatoms. The minimum absolute atomic E-state index is 0.0645. The Hall–Kier alpha value is -3.45. The molecule has 0 aliphatic carbocycles. The van der Waals surface area contributed by atoms with E-state index in [4.69, 9.17) is 9.15 Å². The largest absolute Gasteiger partial charge is 0.451 e. The number of carbonyl (C=O) groups excluding carboxylic acids is 2. The average molecular weight is 380 g/mol. The van der Waals surface area contributed by atoms with Crippen LogP contribution in [-0.2, 0) is 16.0 Å². The van der Waals surface area contributed by atoms with E-state index in [2.05, 4.69) is 10.6 Å². The number of carbonyl (C=O) groups is 2. The predicted molar refractivity (Wildman–Crippen MR) is 105 cm³/mol. The molecule has 0 bridgehead atoms. The number of fused-ring (bicyclic) bond motifs is 1. The maximum atomic E-state index is 12.4. The Morgan fingerprint density at radius 2 is 1.82 bits per heavy atom. The van der Waals surface area contributed by atoms with Gasteiger partial charge in [0.1, 0.15) is 5.58 Å². The second kappa shape index (κ2) is 8.96. The summed E-state index contributed by atoms with van der Waals surface area (Å²) in [6.45, 7) is 0.919. The van der Waals surface area contributed by atoms with Gasteiger partial charge in [-0.05, 0) is 29.8 Å². The fourth-order valence-electron chi connectivity index (χ4n) is 2.65. The summed E-state index contributed by atoms with van der Waals surface area (Å²) in [5.74, 6) is -0.690.